The van der Waals surface area contributed by atoms with E-state index in [0.29, 0.717) is 12.5 Å². The Morgan fingerprint density at radius 2 is 1.81 bits per heavy atom. The van der Waals surface area contributed by atoms with E-state index in [1.54, 1.807) is 0 Å². The Labute approximate surface area is 95.1 Å². The van der Waals surface area contributed by atoms with Crippen LogP contribution in [-0.2, 0) is 6.61 Å². The minimum absolute atomic E-state index is 0.373. The number of hydrogen-bond acceptors (Lipinski definition) is 3. The lowest BCUT2D eigenvalue weighted by atomic mass is 10.2. The predicted molar refractivity (Wildman–Crippen MR) is 61.5 cm³/mol. The number of aromatic nitrogens is 1. The van der Waals surface area contributed by atoms with Gasteiger partial charge < -0.3 is 9.15 Å². The van der Waals surface area contributed by atoms with Gasteiger partial charge in [-0.1, -0.05) is 17.7 Å². The van der Waals surface area contributed by atoms with E-state index < -0.39 is 0 Å². The van der Waals surface area contributed by atoms with Crippen molar-refractivity contribution in [2.24, 2.45) is 0 Å². The molecule has 0 fully saturated rings. The minimum atomic E-state index is 0.373. The average molecular weight is 217 g/mol. The molecular weight excluding hydrogens is 202 g/mol. The Hall–Kier alpha value is -1.77. The van der Waals surface area contributed by atoms with Crippen molar-refractivity contribution >= 4 is 0 Å². The van der Waals surface area contributed by atoms with Crippen LogP contribution in [0.25, 0.3) is 0 Å². The van der Waals surface area contributed by atoms with E-state index >= 15 is 0 Å². The first kappa shape index (κ1) is 10.7. The van der Waals surface area contributed by atoms with Crippen LogP contribution in [-0.4, -0.2) is 4.98 Å². The fraction of sp³-hybridized carbons (Fsp3) is 0.308. The fourth-order valence-corrected chi connectivity index (χ4v) is 1.38. The summed E-state index contributed by atoms with van der Waals surface area (Å²) >= 11 is 0. The van der Waals surface area contributed by atoms with Crippen molar-refractivity contribution in [2.45, 2.75) is 27.4 Å². The van der Waals surface area contributed by atoms with Crippen LogP contribution in [0.1, 0.15) is 22.9 Å². The molecule has 2 aromatic rings. The Balaban J connectivity index is 1.99. The number of rotatable bonds is 3. The van der Waals surface area contributed by atoms with E-state index in [9.17, 15) is 0 Å². The number of oxazole rings is 1. The van der Waals surface area contributed by atoms with E-state index in [4.69, 9.17) is 9.15 Å². The molecule has 0 atom stereocenters. The van der Waals surface area contributed by atoms with Gasteiger partial charge in [0, 0.05) is 0 Å². The van der Waals surface area contributed by atoms with E-state index in [1.165, 1.54) is 5.56 Å². The van der Waals surface area contributed by atoms with Crippen molar-refractivity contribution < 1.29 is 9.15 Å². The third-order valence-corrected chi connectivity index (χ3v) is 2.46. The summed E-state index contributed by atoms with van der Waals surface area (Å²) in [6.45, 7) is 6.24. The second kappa shape index (κ2) is 4.39. The summed E-state index contributed by atoms with van der Waals surface area (Å²) in [4.78, 5) is 4.25. The molecule has 0 aliphatic carbocycles. The molecule has 1 heterocycles. The first-order valence-electron chi connectivity index (χ1n) is 5.27. The lowest BCUT2D eigenvalue weighted by Gasteiger charge is -2.03. The van der Waals surface area contributed by atoms with Crippen LogP contribution >= 0.6 is 0 Å². The molecule has 1 aromatic carbocycles. The van der Waals surface area contributed by atoms with Gasteiger partial charge in [-0.05, 0) is 32.9 Å². The van der Waals surface area contributed by atoms with Crippen molar-refractivity contribution in [3.05, 3.63) is 47.2 Å². The Morgan fingerprint density at radius 1 is 1.12 bits per heavy atom. The van der Waals surface area contributed by atoms with Crippen molar-refractivity contribution in [3.8, 4) is 5.75 Å². The SMILES string of the molecule is Cc1ccc(OCc2nc(C)c(C)o2)cc1. The highest BCUT2D eigenvalue weighted by atomic mass is 16.5. The summed E-state index contributed by atoms with van der Waals surface area (Å²) in [6, 6.07) is 7.92. The number of hydrogen-bond donors (Lipinski definition) is 0. The maximum atomic E-state index is 5.56. The van der Waals surface area contributed by atoms with Crippen LogP contribution in [0.4, 0.5) is 0 Å². The molecule has 0 N–H and O–H groups in total. The van der Waals surface area contributed by atoms with E-state index in [-0.39, 0.29) is 0 Å². The number of ether oxygens (including phenoxy) is 1. The van der Waals surface area contributed by atoms with Crippen LogP contribution in [0, 0.1) is 20.8 Å². The van der Waals surface area contributed by atoms with Gasteiger partial charge in [0.1, 0.15) is 11.5 Å². The third kappa shape index (κ3) is 2.42. The van der Waals surface area contributed by atoms with E-state index in [1.807, 2.05) is 45.0 Å². The average Bonchev–Trinajstić information content (AvgIpc) is 2.58. The van der Waals surface area contributed by atoms with Gasteiger partial charge in [-0.2, -0.15) is 0 Å². The summed E-state index contributed by atoms with van der Waals surface area (Å²) < 4.78 is 11.0. The van der Waals surface area contributed by atoms with Gasteiger partial charge in [-0.25, -0.2) is 4.98 Å². The highest BCUT2D eigenvalue weighted by Crippen LogP contribution is 2.14. The molecule has 0 amide bonds. The van der Waals surface area contributed by atoms with Gasteiger partial charge in [0.25, 0.3) is 0 Å². The molecule has 0 aliphatic rings. The second-order valence-corrected chi connectivity index (χ2v) is 3.85. The zero-order chi connectivity index (χ0) is 11.5. The molecule has 0 saturated carbocycles. The molecule has 0 saturated heterocycles. The molecule has 3 nitrogen and oxygen atoms in total. The van der Waals surface area contributed by atoms with Gasteiger partial charge >= 0.3 is 0 Å². The summed E-state index contributed by atoms with van der Waals surface area (Å²) in [5, 5.41) is 0. The highest BCUT2D eigenvalue weighted by molar-refractivity contribution is 5.26. The second-order valence-electron chi connectivity index (χ2n) is 3.85. The highest BCUT2D eigenvalue weighted by Gasteiger charge is 2.05. The van der Waals surface area contributed by atoms with Crippen molar-refractivity contribution in [1.29, 1.82) is 0 Å². The summed E-state index contributed by atoms with van der Waals surface area (Å²) in [5.74, 6) is 2.30. The van der Waals surface area contributed by atoms with Gasteiger partial charge in [0.2, 0.25) is 5.89 Å². The van der Waals surface area contributed by atoms with Crippen LogP contribution < -0.4 is 4.74 Å². The van der Waals surface area contributed by atoms with Crippen LogP contribution in [0.15, 0.2) is 28.7 Å². The van der Waals surface area contributed by atoms with Crippen molar-refractivity contribution in [3.63, 3.8) is 0 Å². The molecule has 3 heteroatoms. The van der Waals surface area contributed by atoms with Crippen LogP contribution in [0.3, 0.4) is 0 Å². The monoisotopic (exact) mass is 217 g/mol. The third-order valence-electron chi connectivity index (χ3n) is 2.46. The Kier molecular flexibility index (Phi) is 2.95. The largest absolute Gasteiger partial charge is 0.484 e. The molecule has 0 unspecified atom stereocenters. The zero-order valence-corrected chi connectivity index (χ0v) is 9.78. The molecule has 0 spiro atoms. The fourth-order valence-electron chi connectivity index (χ4n) is 1.38. The lowest BCUT2D eigenvalue weighted by Crippen LogP contribution is -1.95. The molecule has 0 aliphatic heterocycles. The topological polar surface area (TPSA) is 35.3 Å². The Morgan fingerprint density at radius 3 is 2.38 bits per heavy atom. The smallest absolute Gasteiger partial charge is 0.232 e. The van der Waals surface area contributed by atoms with Crippen molar-refractivity contribution in [2.75, 3.05) is 0 Å². The lowest BCUT2D eigenvalue weighted by molar-refractivity contribution is 0.260. The van der Waals surface area contributed by atoms with E-state index in [2.05, 4.69) is 4.98 Å². The number of aryl methyl sites for hydroxylation is 3. The quantitative estimate of drug-likeness (QED) is 0.792. The molecular formula is C13H15NO2. The first-order valence-corrected chi connectivity index (χ1v) is 5.27. The van der Waals surface area contributed by atoms with Gasteiger partial charge in [0.05, 0.1) is 5.69 Å². The van der Waals surface area contributed by atoms with Crippen LogP contribution in [0.2, 0.25) is 0 Å². The molecule has 0 radical (unpaired) electrons. The molecule has 16 heavy (non-hydrogen) atoms. The Bertz CT molecular complexity index is 452. The van der Waals surface area contributed by atoms with Gasteiger partial charge in [-0.3, -0.25) is 0 Å². The summed E-state index contributed by atoms with van der Waals surface area (Å²) in [7, 11) is 0. The maximum Gasteiger partial charge on any atom is 0.232 e. The predicted octanol–water partition coefficient (Wildman–Crippen LogP) is 3.18. The maximum absolute atomic E-state index is 5.56. The standard InChI is InChI=1S/C13H15NO2/c1-9-4-6-12(7-5-9)15-8-13-14-10(2)11(3)16-13/h4-7H,8H2,1-3H3. The molecule has 0 bridgehead atoms. The van der Waals surface area contributed by atoms with E-state index in [0.717, 1.165) is 17.2 Å². The number of nitrogens with zero attached hydrogens (tertiary/aromatic N) is 1. The first-order chi connectivity index (χ1) is 7.65. The minimum Gasteiger partial charge on any atom is -0.484 e. The number of benzene rings is 1. The summed E-state index contributed by atoms with van der Waals surface area (Å²) in [5.41, 5.74) is 2.14. The molecule has 1 aromatic heterocycles. The summed E-state index contributed by atoms with van der Waals surface area (Å²) in [6.07, 6.45) is 0. The van der Waals surface area contributed by atoms with Gasteiger partial charge in [-0.15, -0.1) is 0 Å². The molecule has 2 rings (SSSR count). The molecule has 84 valence electrons. The normalized spacial score (nSPS) is 10.4. The van der Waals surface area contributed by atoms with Gasteiger partial charge in [0.15, 0.2) is 6.61 Å². The van der Waals surface area contributed by atoms with Crippen LogP contribution in [0.5, 0.6) is 5.75 Å². The van der Waals surface area contributed by atoms with Crippen molar-refractivity contribution in [1.82, 2.24) is 4.98 Å². The zero-order valence-electron chi connectivity index (χ0n) is 9.78.